The van der Waals surface area contributed by atoms with E-state index in [1.807, 2.05) is 52.0 Å². The zero-order valence-electron chi connectivity index (χ0n) is 17.4. The maximum Gasteiger partial charge on any atom is 0.274 e. The lowest BCUT2D eigenvalue weighted by atomic mass is 10.0. The van der Waals surface area contributed by atoms with Gasteiger partial charge in [0.2, 0.25) is 0 Å². The van der Waals surface area contributed by atoms with E-state index in [0.29, 0.717) is 23.4 Å². The van der Waals surface area contributed by atoms with Crippen LogP contribution in [-0.2, 0) is 13.6 Å². The van der Waals surface area contributed by atoms with Crippen molar-refractivity contribution < 1.29 is 9.18 Å². The highest BCUT2D eigenvalue weighted by atomic mass is 19.1. The number of carbonyl (C=O) groups is 1. The third kappa shape index (κ3) is 4.62. The average Bonchev–Trinajstić information content (AvgIpc) is 3.13. The fraction of sp³-hybridized carbons (Fsp3) is 0.318. The molecular formula is C22H26FN5O. The molecule has 7 heteroatoms. The molecule has 0 atom stereocenters. The van der Waals surface area contributed by atoms with Crippen LogP contribution in [0.1, 0.15) is 29.9 Å². The Bertz CT molecular complexity index is 995. The van der Waals surface area contributed by atoms with Gasteiger partial charge in [0, 0.05) is 57.3 Å². The van der Waals surface area contributed by atoms with Crippen LogP contribution in [0.5, 0.6) is 0 Å². The minimum atomic E-state index is -0.319. The van der Waals surface area contributed by atoms with Crippen LogP contribution in [0, 0.1) is 5.82 Å². The lowest BCUT2D eigenvalue weighted by molar-refractivity contribution is 0.0684. The lowest BCUT2D eigenvalue weighted by Gasteiger charge is -2.26. The molecule has 29 heavy (non-hydrogen) atoms. The molecule has 0 unspecified atom stereocenters. The molecule has 0 aliphatic rings. The minimum absolute atomic E-state index is 0.0287. The second-order valence-electron chi connectivity index (χ2n) is 7.56. The third-order valence-corrected chi connectivity index (χ3v) is 4.71. The van der Waals surface area contributed by atoms with E-state index in [9.17, 15) is 9.18 Å². The van der Waals surface area contributed by atoms with Crippen molar-refractivity contribution in [2.45, 2.75) is 26.4 Å². The number of rotatable bonds is 6. The van der Waals surface area contributed by atoms with Gasteiger partial charge in [0.15, 0.2) is 0 Å². The van der Waals surface area contributed by atoms with Crippen LogP contribution in [-0.4, -0.2) is 45.5 Å². The number of hydrogen-bond acceptors (Lipinski definition) is 4. The Hall–Kier alpha value is -3.22. The number of nitrogens with zero attached hydrogens (tertiary/aromatic N) is 5. The first-order chi connectivity index (χ1) is 13.8. The molecule has 0 bridgehead atoms. The topological polar surface area (TPSA) is 54.3 Å². The molecule has 6 nitrogen and oxygen atoms in total. The summed E-state index contributed by atoms with van der Waals surface area (Å²) in [6.07, 6.45) is 4.97. The van der Waals surface area contributed by atoms with Crippen LogP contribution < -0.4 is 4.90 Å². The van der Waals surface area contributed by atoms with Crippen molar-refractivity contribution in [1.29, 1.82) is 0 Å². The summed E-state index contributed by atoms with van der Waals surface area (Å²) < 4.78 is 16.2. The summed E-state index contributed by atoms with van der Waals surface area (Å²) in [6, 6.07) is 8.61. The first-order valence-corrected chi connectivity index (χ1v) is 9.47. The normalized spacial score (nSPS) is 11.0. The summed E-state index contributed by atoms with van der Waals surface area (Å²) in [5.74, 6) is 0.334. The first-order valence-electron chi connectivity index (χ1n) is 9.47. The van der Waals surface area contributed by atoms with E-state index in [0.717, 1.165) is 11.4 Å². The van der Waals surface area contributed by atoms with Gasteiger partial charge in [0.25, 0.3) is 5.91 Å². The number of imidazole rings is 1. The van der Waals surface area contributed by atoms with Crippen molar-refractivity contribution in [2.75, 3.05) is 19.0 Å². The van der Waals surface area contributed by atoms with E-state index in [-0.39, 0.29) is 17.8 Å². The number of aryl methyl sites for hydroxylation is 1. The fourth-order valence-electron chi connectivity index (χ4n) is 3.06. The molecule has 0 fully saturated rings. The van der Waals surface area contributed by atoms with Gasteiger partial charge in [-0.3, -0.25) is 4.79 Å². The Morgan fingerprint density at radius 3 is 2.48 bits per heavy atom. The second-order valence-corrected chi connectivity index (χ2v) is 7.56. The summed E-state index contributed by atoms with van der Waals surface area (Å²) in [4.78, 5) is 25.0. The highest BCUT2D eigenvalue weighted by Crippen LogP contribution is 2.26. The quantitative estimate of drug-likeness (QED) is 0.638. The van der Waals surface area contributed by atoms with Crippen LogP contribution in [0.2, 0.25) is 0 Å². The van der Waals surface area contributed by atoms with Gasteiger partial charge < -0.3 is 14.4 Å². The molecule has 2 aromatic heterocycles. The molecule has 0 spiro atoms. The zero-order chi connectivity index (χ0) is 21.1. The van der Waals surface area contributed by atoms with Gasteiger partial charge in [-0.15, -0.1) is 0 Å². The Labute approximate surface area is 170 Å². The molecule has 1 aromatic carbocycles. The van der Waals surface area contributed by atoms with Crippen LogP contribution >= 0.6 is 0 Å². The predicted molar refractivity (Wildman–Crippen MR) is 112 cm³/mol. The molecule has 1 amide bonds. The first kappa shape index (κ1) is 20.5. The van der Waals surface area contributed by atoms with Crippen molar-refractivity contribution in [2.24, 2.45) is 7.05 Å². The number of halogens is 1. The fourth-order valence-corrected chi connectivity index (χ4v) is 3.06. The molecule has 0 N–H and O–H groups in total. The maximum absolute atomic E-state index is 14.5. The van der Waals surface area contributed by atoms with Gasteiger partial charge in [-0.25, -0.2) is 14.4 Å². The molecule has 0 saturated carbocycles. The number of pyridine rings is 1. The molecule has 0 aliphatic carbocycles. The predicted octanol–water partition coefficient (Wildman–Crippen LogP) is 3.74. The van der Waals surface area contributed by atoms with Crippen molar-refractivity contribution in [3.8, 4) is 11.1 Å². The molecule has 0 radical (unpaired) electrons. The largest absolute Gasteiger partial charge is 0.363 e. The molecule has 0 saturated heterocycles. The Morgan fingerprint density at radius 2 is 1.93 bits per heavy atom. The number of anilines is 1. The highest BCUT2D eigenvalue weighted by molar-refractivity contribution is 5.92. The van der Waals surface area contributed by atoms with E-state index < -0.39 is 0 Å². The number of hydrogen-bond donors (Lipinski definition) is 0. The summed E-state index contributed by atoms with van der Waals surface area (Å²) in [7, 11) is 5.63. The van der Waals surface area contributed by atoms with E-state index in [1.165, 1.54) is 6.07 Å². The molecule has 152 valence electrons. The lowest BCUT2D eigenvalue weighted by Crippen LogP contribution is -2.36. The molecular weight excluding hydrogens is 369 g/mol. The Morgan fingerprint density at radius 1 is 1.17 bits per heavy atom. The standard InChI is InChI=1S/C22H26FN5O/c1-15(2)28(22(29)20-13-27(5)14-25-20)12-16-6-8-19(23)18(10-16)17-7-9-21(24-11-17)26(3)4/h6-11,13-15H,12H2,1-5H3. The molecule has 0 aliphatic heterocycles. The smallest absolute Gasteiger partial charge is 0.274 e. The van der Waals surface area contributed by atoms with E-state index in [4.69, 9.17) is 0 Å². The number of benzene rings is 1. The van der Waals surface area contributed by atoms with E-state index in [2.05, 4.69) is 9.97 Å². The van der Waals surface area contributed by atoms with Crippen molar-refractivity contribution in [3.63, 3.8) is 0 Å². The van der Waals surface area contributed by atoms with Gasteiger partial charge in [0.1, 0.15) is 17.3 Å². The number of aromatic nitrogens is 3. The van der Waals surface area contributed by atoms with Gasteiger partial charge >= 0.3 is 0 Å². The van der Waals surface area contributed by atoms with Gasteiger partial charge in [-0.2, -0.15) is 0 Å². The SMILES string of the molecule is CC(C)N(Cc1ccc(F)c(-c2ccc(N(C)C)nc2)c1)C(=O)c1cn(C)cn1. The van der Waals surface area contributed by atoms with E-state index in [1.54, 1.807) is 40.3 Å². The van der Waals surface area contributed by atoms with Crippen LogP contribution in [0.25, 0.3) is 11.1 Å². The van der Waals surface area contributed by atoms with Crippen molar-refractivity contribution in [1.82, 2.24) is 19.4 Å². The summed E-state index contributed by atoms with van der Waals surface area (Å²) in [5, 5.41) is 0. The Balaban J connectivity index is 1.88. The monoisotopic (exact) mass is 395 g/mol. The number of amides is 1. The van der Waals surface area contributed by atoms with Crippen LogP contribution in [0.3, 0.4) is 0 Å². The molecule has 3 aromatic rings. The average molecular weight is 395 g/mol. The second kappa shape index (κ2) is 8.43. The summed E-state index contributed by atoms with van der Waals surface area (Å²) in [6.45, 7) is 4.27. The minimum Gasteiger partial charge on any atom is -0.363 e. The van der Waals surface area contributed by atoms with Crippen molar-refractivity contribution in [3.05, 3.63) is 66.1 Å². The summed E-state index contributed by atoms with van der Waals surface area (Å²) >= 11 is 0. The van der Waals surface area contributed by atoms with Gasteiger partial charge in [-0.05, 0) is 43.7 Å². The van der Waals surface area contributed by atoms with E-state index >= 15 is 0 Å². The van der Waals surface area contributed by atoms with Crippen LogP contribution in [0.15, 0.2) is 49.1 Å². The summed E-state index contributed by atoms with van der Waals surface area (Å²) in [5.41, 5.74) is 2.40. The third-order valence-electron chi connectivity index (χ3n) is 4.71. The highest BCUT2D eigenvalue weighted by Gasteiger charge is 2.21. The molecule has 3 rings (SSSR count). The number of carbonyl (C=O) groups excluding carboxylic acids is 1. The maximum atomic E-state index is 14.5. The molecule has 2 heterocycles. The Kier molecular flexibility index (Phi) is 5.96. The van der Waals surface area contributed by atoms with Gasteiger partial charge in [-0.1, -0.05) is 6.07 Å². The zero-order valence-corrected chi connectivity index (χ0v) is 17.4. The van der Waals surface area contributed by atoms with Gasteiger partial charge in [0.05, 0.1) is 6.33 Å². The van der Waals surface area contributed by atoms with Crippen molar-refractivity contribution >= 4 is 11.7 Å². The van der Waals surface area contributed by atoms with Crippen LogP contribution in [0.4, 0.5) is 10.2 Å².